The second kappa shape index (κ2) is 9.50. The number of ether oxygens (including phenoxy) is 1. The normalized spacial score (nSPS) is 14.3. The summed E-state index contributed by atoms with van der Waals surface area (Å²) in [6.07, 6.45) is 0.963. The van der Waals surface area contributed by atoms with Crippen molar-refractivity contribution in [3.05, 3.63) is 56.7 Å². The number of esters is 1. The third-order valence-corrected chi connectivity index (χ3v) is 5.38. The second-order valence-corrected chi connectivity index (χ2v) is 7.05. The Kier molecular flexibility index (Phi) is 7.35. The Labute approximate surface area is 164 Å². The quantitative estimate of drug-likeness (QED) is 0.591. The molecule has 2 aromatic rings. The van der Waals surface area contributed by atoms with E-state index in [1.807, 2.05) is 24.3 Å². The van der Waals surface area contributed by atoms with Crippen molar-refractivity contribution in [1.29, 1.82) is 0 Å². The van der Waals surface area contributed by atoms with Gasteiger partial charge in [0.05, 0.1) is 7.11 Å². The molecule has 1 atom stereocenters. The van der Waals surface area contributed by atoms with E-state index in [1.54, 1.807) is 11.3 Å². The van der Waals surface area contributed by atoms with Crippen LogP contribution in [0, 0.1) is 0 Å². The number of benzene rings is 1. The number of methoxy groups -OCH3 is 1. The van der Waals surface area contributed by atoms with Gasteiger partial charge in [-0.1, -0.05) is 29.8 Å². The number of hydrogen-bond donors (Lipinski definition) is 2. The minimum Gasteiger partial charge on any atom is -0.473 e. The Balaban J connectivity index is 0.000000380. The zero-order chi connectivity index (χ0) is 20.0. The molecule has 0 unspecified atom stereocenters. The van der Waals surface area contributed by atoms with Crippen molar-refractivity contribution in [1.82, 2.24) is 4.90 Å². The smallest absolute Gasteiger partial charge is 0.414 e. The summed E-state index contributed by atoms with van der Waals surface area (Å²) in [6, 6.07) is 9.16. The molecule has 1 aromatic heterocycles. The molecule has 2 heterocycles. The number of nitrogens with zero attached hydrogens (tertiary/aromatic N) is 1. The van der Waals surface area contributed by atoms with Gasteiger partial charge in [0.2, 0.25) is 0 Å². The highest BCUT2D eigenvalue weighted by Crippen LogP contribution is 2.33. The number of rotatable bonds is 3. The van der Waals surface area contributed by atoms with Crippen molar-refractivity contribution < 1.29 is 29.3 Å². The van der Waals surface area contributed by atoms with Gasteiger partial charge in [0.1, 0.15) is 6.04 Å². The van der Waals surface area contributed by atoms with Gasteiger partial charge >= 0.3 is 17.9 Å². The van der Waals surface area contributed by atoms with Gasteiger partial charge in [-0.3, -0.25) is 4.90 Å². The van der Waals surface area contributed by atoms with Crippen LogP contribution in [-0.2, 0) is 32.1 Å². The van der Waals surface area contributed by atoms with Gasteiger partial charge in [-0.15, -0.1) is 11.3 Å². The molecule has 0 saturated carbocycles. The van der Waals surface area contributed by atoms with Gasteiger partial charge < -0.3 is 14.9 Å². The Morgan fingerprint density at radius 2 is 1.85 bits per heavy atom. The van der Waals surface area contributed by atoms with Crippen molar-refractivity contribution in [2.45, 2.75) is 19.0 Å². The predicted molar refractivity (Wildman–Crippen MR) is 99.9 cm³/mol. The molecule has 0 amide bonds. The highest BCUT2D eigenvalue weighted by atomic mass is 35.5. The van der Waals surface area contributed by atoms with E-state index in [0.29, 0.717) is 5.02 Å². The van der Waals surface area contributed by atoms with Gasteiger partial charge in [-0.2, -0.15) is 0 Å². The lowest BCUT2D eigenvalue weighted by atomic mass is 10.0. The number of carboxylic acid groups (broad SMARTS) is 2. The molecule has 0 fully saturated rings. The van der Waals surface area contributed by atoms with E-state index in [0.717, 1.165) is 25.1 Å². The first-order valence-electron chi connectivity index (χ1n) is 7.93. The SMILES string of the molecule is COC(=O)[C@H](c1ccccc1Cl)N1CCc2sccc2C1.O=C(O)C(=O)O. The summed E-state index contributed by atoms with van der Waals surface area (Å²) < 4.78 is 5.01. The second-order valence-electron chi connectivity index (χ2n) is 5.65. The van der Waals surface area contributed by atoms with E-state index in [4.69, 9.17) is 36.1 Å². The number of carboxylic acids is 2. The molecule has 0 saturated heterocycles. The molecule has 1 aliphatic rings. The summed E-state index contributed by atoms with van der Waals surface area (Å²) in [7, 11) is 1.42. The fourth-order valence-electron chi connectivity index (χ4n) is 2.77. The van der Waals surface area contributed by atoms with Crippen LogP contribution in [0.15, 0.2) is 35.7 Å². The number of carbonyl (C=O) groups excluding carboxylic acids is 1. The Morgan fingerprint density at radius 1 is 1.19 bits per heavy atom. The van der Waals surface area contributed by atoms with Crippen LogP contribution >= 0.6 is 22.9 Å². The lowest BCUT2D eigenvalue weighted by molar-refractivity contribution is -0.159. The van der Waals surface area contributed by atoms with Crippen LogP contribution in [0.1, 0.15) is 22.0 Å². The van der Waals surface area contributed by atoms with Gasteiger partial charge in [-0.25, -0.2) is 14.4 Å². The van der Waals surface area contributed by atoms with Crippen LogP contribution in [0.25, 0.3) is 0 Å². The van der Waals surface area contributed by atoms with E-state index in [1.165, 1.54) is 17.6 Å². The zero-order valence-electron chi connectivity index (χ0n) is 14.4. The van der Waals surface area contributed by atoms with Crippen LogP contribution in [0.2, 0.25) is 5.02 Å². The summed E-state index contributed by atoms with van der Waals surface area (Å²) in [4.78, 5) is 34.0. The van der Waals surface area contributed by atoms with E-state index in [-0.39, 0.29) is 5.97 Å². The molecule has 0 aliphatic carbocycles. The Hall–Kier alpha value is -2.42. The number of carbonyl (C=O) groups is 3. The zero-order valence-corrected chi connectivity index (χ0v) is 16.0. The maximum Gasteiger partial charge on any atom is 0.414 e. The minimum absolute atomic E-state index is 0.262. The Morgan fingerprint density at radius 3 is 2.44 bits per heavy atom. The number of thiophene rings is 1. The third kappa shape index (κ3) is 5.29. The summed E-state index contributed by atoms with van der Waals surface area (Å²) in [6.45, 7) is 1.59. The molecule has 3 rings (SSSR count). The first-order chi connectivity index (χ1) is 12.8. The predicted octanol–water partition coefficient (Wildman–Crippen LogP) is 2.83. The highest BCUT2D eigenvalue weighted by Gasteiger charge is 2.32. The molecule has 27 heavy (non-hydrogen) atoms. The number of aliphatic carboxylic acids is 2. The lowest BCUT2D eigenvalue weighted by Crippen LogP contribution is -2.38. The van der Waals surface area contributed by atoms with Crippen LogP contribution in [0.4, 0.5) is 0 Å². The monoisotopic (exact) mass is 411 g/mol. The molecule has 144 valence electrons. The van der Waals surface area contributed by atoms with Crippen molar-refractivity contribution >= 4 is 40.8 Å². The lowest BCUT2D eigenvalue weighted by Gasteiger charge is -2.33. The Bertz CT molecular complexity index is 825. The van der Waals surface area contributed by atoms with E-state index < -0.39 is 18.0 Å². The average Bonchev–Trinajstić information content (AvgIpc) is 3.11. The summed E-state index contributed by atoms with van der Waals surface area (Å²) in [5, 5.41) is 17.5. The molecule has 0 spiro atoms. The topological polar surface area (TPSA) is 104 Å². The minimum atomic E-state index is -1.82. The molecule has 0 bridgehead atoms. The maximum absolute atomic E-state index is 12.3. The van der Waals surface area contributed by atoms with E-state index in [2.05, 4.69) is 16.3 Å². The highest BCUT2D eigenvalue weighted by molar-refractivity contribution is 7.10. The number of halogens is 1. The van der Waals surface area contributed by atoms with Gasteiger partial charge in [0.25, 0.3) is 0 Å². The van der Waals surface area contributed by atoms with Crippen molar-refractivity contribution in [2.24, 2.45) is 0 Å². The molecular formula is C18H18ClNO6S. The van der Waals surface area contributed by atoms with Gasteiger partial charge in [0.15, 0.2) is 0 Å². The fraction of sp³-hybridized carbons (Fsp3) is 0.278. The van der Waals surface area contributed by atoms with Crippen LogP contribution < -0.4 is 0 Å². The van der Waals surface area contributed by atoms with Gasteiger partial charge in [0, 0.05) is 23.0 Å². The fourth-order valence-corrected chi connectivity index (χ4v) is 3.90. The van der Waals surface area contributed by atoms with Crippen LogP contribution in [0.5, 0.6) is 0 Å². The number of fused-ring (bicyclic) bond motifs is 1. The molecule has 1 aliphatic heterocycles. The third-order valence-electron chi connectivity index (χ3n) is 4.01. The molecule has 1 aromatic carbocycles. The largest absolute Gasteiger partial charge is 0.473 e. The average molecular weight is 412 g/mol. The van der Waals surface area contributed by atoms with Crippen LogP contribution in [0.3, 0.4) is 0 Å². The van der Waals surface area contributed by atoms with Crippen molar-refractivity contribution in [3.8, 4) is 0 Å². The molecule has 9 heteroatoms. The molecule has 0 radical (unpaired) electrons. The van der Waals surface area contributed by atoms with Gasteiger partial charge in [-0.05, 0) is 35.1 Å². The van der Waals surface area contributed by atoms with E-state index >= 15 is 0 Å². The maximum atomic E-state index is 12.3. The molecular weight excluding hydrogens is 394 g/mol. The summed E-state index contributed by atoms with van der Waals surface area (Å²) >= 11 is 8.07. The molecule has 2 N–H and O–H groups in total. The van der Waals surface area contributed by atoms with Crippen molar-refractivity contribution in [3.63, 3.8) is 0 Å². The summed E-state index contributed by atoms with van der Waals surface area (Å²) in [5.74, 6) is -3.91. The first-order valence-corrected chi connectivity index (χ1v) is 9.18. The first kappa shape index (κ1) is 20.9. The summed E-state index contributed by atoms with van der Waals surface area (Å²) in [5.41, 5.74) is 2.11. The van der Waals surface area contributed by atoms with Crippen LogP contribution in [-0.4, -0.2) is 46.7 Å². The van der Waals surface area contributed by atoms with E-state index in [9.17, 15) is 4.79 Å². The van der Waals surface area contributed by atoms with Crippen molar-refractivity contribution in [2.75, 3.05) is 13.7 Å². The standard InChI is InChI=1S/C16H16ClNO2S.C2H2O4/c1-20-16(19)15(12-4-2-3-5-13(12)17)18-8-6-14-11(10-18)7-9-21-14;3-1(4)2(5)6/h2-5,7,9,15H,6,8,10H2,1H3;(H,3,4)(H,5,6)/t15-;/m0./s1. The number of hydrogen-bond acceptors (Lipinski definition) is 6. The molecule has 7 nitrogen and oxygen atoms in total.